The van der Waals surface area contributed by atoms with Crippen LogP contribution in [0.15, 0.2) is 23.8 Å². The normalized spacial score (nSPS) is 18.2. The van der Waals surface area contributed by atoms with E-state index in [9.17, 15) is 13.2 Å². The smallest absolute Gasteiger partial charge is 0.430 e. The van der Waals surface area contributed by atoms with E-state index in [0.717, 1.165) is 0 Å². The summed E-state index contributed by atoms with van der Waals surface area (Å²) in [6.07, 6.45) is -5.67. The molecule has 6 heteroatoms. The predicted molar refractivity (Wildman–Crippen MR) is 57.1 cm³/mol. The molecule has 0 radical (unpaired) electrons. The Balaban J connectivity index is 2.47. The number of rotatable bonds is 1. The standard InChI is InChI=1S/C12H8F3NO2/c1-17-9-3-2-7-4-8(6-16)11(12(13,14)15)18-10(7)5-9/h2-5,11H,1H3. The van der Waals surface area contributed by atoms with Gasteiger partial charge in [0, 0.05) is 11.6 Å². The van der Waals surface area contributed by atoms with Crippen LogP contribution >= 0.6 is 0 Å². The second-order valence-electron chi connectivity index (χ2n) is 3.65. The minimum Gasteiger partial charge on any atom is -0.497 e. The Kier molecular flexibility index (Phi) is 2.91. The van der Waals surface area contributed by atoms with Crippen LogP contribution in [0.4, 0.5) is 13.2 Å². The van der Waals surface area contributed by atoms with E-state index < -0.39 is 17.9 Å². The number of nitrogens with zero attached hydrogens (tertiary/aromatic N) is 1. The Labute approximate surface area is 101 Å². The fourth-order valence-electron chi connectivity index (χ4n) is 1.63. The van der Waals surface area contributed by atoms with Crippen molar-refractivity contribution in [2.24, 2.45) is 0 Å². The molecule has 3 nitrogen and oxygen atoms in total. The van der Waals surface area contributed by atoms with Crippen LogP contribution in [0.1, 0.15) is 5.56 Å². The molecule has 0 saturated heterocycles. The van der Waals surface area contributed by atoms with Crippen molar-refractivity contribution in [3.63, 3.8) is 0 Å². The molecule has 0 saturated carbocycles. The van der Waals surface area contributed by atoms with Crippen molar-refractivity contribution < 1.29 is 22.6 Å². The Morgan fingerprint density at radius 2 is 2.11 bits per heavy atom. The lowest BCUT2D eigenvalue weighted by Crippen LogP contribution is -2.37. The molecule has 0 aromatic heterocycles. The molecule has 0 amide bonds. The molecule has 1 aromatic rings. The third-order valence-electron chi connectivity index (χ3n) is 2.49. The number of fused-ring (bicyclic) bond motifs is 1. The largest absolute Gasteiger partial charge is 0.497 e. The fourth-order valence-corrected chi connectivity index (χ4v) is 1.63. The summed E-state index contributed by atoms with van der Waals surface area (Å²) in [5.74, 6) is 0.444. The molecule has 1 aliphatic rings. The monoisotopic (exact) mass is 255 g/mol. The minimum absolute atomic E-state index is 0.0516. The van der Waals surface area contributed by atoms with Crippen molar-refractivity contribution in [3.8, 4) is 17.6 Å². The summed E-state index contributed by atoms with van der Waals surface area (Å²) in [5.41, 5.74) is -0.0342. The number of alkyl halides is 3. The topological polar surface area (TPSA) is 42.2 Å². The second kappa shape index (κ2) is 4.26. The lowest BCUT2D eigenvalue weighted by Gasteiger charge is -2.26. The minimum atomic E-state index is -4.62. The average molecular weight is 255 g/mol. The average Bonchev–Trinajstić information content (AvgIpc) is 2.35. The van der Waals surface area contributed by atoms with E-state index in [4.69, 9.17) is 14.7 Å². The quantitative estimate of drug-likeness (QED) is 0.774. The fraction of sp³-hybridized carbons (Fsp3) is 0.250. The first kappa shape index (κ1) is 12.3. The van der Waals surface area contributed by atoms with Gasteiger partial charge in [-0.05, 0) is 18.2 Å². The Morgan fingerprint density at radius 3 is 2.67 bits per heavy atom. The molecule has 0 aliphatic carbocycles. The van der Waals surface area contributed by atoms with Crippen LogP contribution in [0, 0.1) is 11.3 Å². The molecule has 0 bridgehead atoms. The van der Waals surface area contributed by atoms with Crippen LogP contribution in [0.25, 0.3) is 6.08 Å². The summed E-state index contributed by atoms with van der Waals surface area (Å²) in [6.45, 7) is 0. The van der Waals surface area contributed by atoms with Crippen molar-refractivity contribution in [3.05, 3.63) is 29.3 Å². The molecule has 18 heavy (non-hydrogen) atoms. The van der Waals surface area contributed by atoms with Crippen molar-refractivity contribution in [1.29, 1.82) is 5.26 Å². The summed E-state index contributed by atoms with van der Waals surface area (Å²) in [7, 11) is 1.41. The molecule has 1 aromatic carbocycles. The zero-order chi connectivity index (χ0) is 13.3. The first-order valence-electron chi connectivity index (χ1n) is 4.99. The van der Waals surface area contributed by atoms with Gasteiger partial charge in [-0.15, -0.1) is 0 Å². The van der Waals surface area contributed by atoms with Gasteiger partial charge in [-0.25, -0.2) is 0 Å². The van der Waals surface area contributed by atoms with Gasteiger partial charge in [-0.2, -0.15) is 18.4 Å². The van der Waals surface area contributed by atoms with Gasteiger partial charge < -0.3 is 9.47 Å². The molecule has 0 spiro atoms. The van der Waals surface area contributed by atoms with E-state index in [-0.39, 0.29) is 5.75 Å². The van der Waals surface area contributed by atoms with Crippen LogP contribution < -0.4 is 9.47 Å². The van der Waals surface area contributed by atoms with Gasteiger partial charge in [0.1, 0.15) is 11.5 Å². The third kappa shape index (κ3) is 2.12. The number of hydrogen-bond donors (Lipinski definition) is 0. The highest BCUT2D eigenvalue weighted by atomic mass is 19.4. The highest BCUT2D eigenvalue weighted by Crippen LogP contribution is 2.38. The van der Waals surface area contributed by atoms with Gasteiger partial charge in [0.25, 0.3) is 0 Å². The summed E-state index contributed by atoms with van der Waals surface area (Å²) in [6, 6.07) is 6.00. The van der Waals surface area contributed by atoms with E-state index in [1.165, 1.54) is 31.4 Å². The van der Waals surface area contributed by atoms with Crippen molar-refractivity contribution in [2.75, 3.05) is 7.11 Å². The predicted octanol–water partition coefficient (Wildman–Crippen LogP) is 2.93. The van der Waals surface area contributed by atoms with E-state index >= 15 is 0 Å². The molecule has 1 aliphatic heterocycles. The molecule has 1 atom stereocenters. The molecule has 0 N–H and O–H groups in total. The summed E-state index contributed by atoms with van der Waals surface area (Å²) < 4.78 is 47.9. The molecule has 0 fully saturated rings. The zero-order valence-corrected chi connectivity index (χ0v) is 9.28. The van der Waals surface area contributed by atoms with Crippen molar-refractivity contribution in [2.45, 2.75) is 12.3 Å². The van der Waals surface area contributed by atoms with Crippen molar-refractivity contribution in [1.82, 2.24) is 0 Å². The zero-order valence-electron chi connectivity index (χ0n) is 9.28. The Bertz CT molecular complexity index is 543. The Morgan fingerprint density at radius 1 is 1.39 bits per heavy atom. The summed E-state index contributed by atoms with van der Waals surface area (Å²) in [4.78, 5) is 0. The third-order valence-corrected chi connectivity index (χ3v) is 2.49. The van der Waals surface area contributed by atoms with E-state index in [1.54, 1.807) is 6.07 Å². The van der Waals surface area contributed by atoms with Gasteiger partial charge in [-0.1, -0.05) is 0 Å². The summed E-state index contributed by atoms with van der Waals surface area (Å²) in [5, 5.41) is 8.73. The summed E-state index contributed by atoms with van der Waals surface area (Å²) >= 11 is 0. The van der Waals surface area contributed by atoms with Crippen LogP contribution in [0.3, 0.4) is 0 Å². The first-order chi connectivity index (χ1) is 8.45. The number of nitriles is 1. The number of hydrogen-bond acceptors (Lipinski definition) is 3. The van der Waals surface area contributed by atoms with Crippen LogP contribution in [-0.4, -0.2) is 19.4 Å². The van der Waals surface area contributed by atoms with Crippen molar-refractivity contribution >= 4 is 6.08 Å². The molecule has 1 heterocycles. The second-order valence-corrected chi connectivity index (χ2v) is 3.65. The Hall–Kier alpha value is -2.16. The number of ether oxygens (including phenoxy) is 2. The lowest BCUT2D eigenvalue weighted by atomic mass is 10.0. The van der Waals surface area contributed by atoms with Crippen LogP contribution in [0.5, 0.6) is 11.5 Å². The van der Waals surface area contributed by atoms with Gasteiger partial charge in [0.15, 0.2) is 0 Å². The molecular weight excluding hydrogens is 247 g/mol. The highest BCUT2D eigenvalue weighted by Gasteiger charge is 2.46. The van der Waals surface area contributed by atoms with Gasteiger partial charge in [-0.3, -0.25) is 0 Å². The highest BCUT2D eigenvalue weighted by molar-refractivity contribution is 5.67. The number of halogens is 3. The number of methoxy groups -OCH3 is 1. The molecule has 2 rings (SSSR count). The maximum absolute atomic E-state index is 12.7. The molecule has 1 unspecified atom stereocenters. The van der Waals surface area contributed by atoms with Crippen LogP contribution in [-0.2, 0) is 0 Å². The van der Waals surface area contributed by atoms with Crippen LogP contribution in [0.2, 0.25) is 0 Å². The van der Waals surface area contributed by atoms with E-state index in [1.807, 2.05) is 0 Å². The van der Waals surface area contributed by atoms with E-state index in [0.29, 0.717) is 11.3 Å². The van der Waals surface area contributed by atoms with Gasteiger partial charge in [0.2, 0.25) is 6.10 Å². The molecular formula is C12H8F3NO2. The lowest BCUT2D eigenvalue weighted by molar-refractivity contribution is -0.182. The van der Waals surface area contributed by atoms with E-state index in [2.05, 4.69) is 0 Å². The number of benzene rings is 1. The maximum Gasteiger partial charge on any atom is 0.430 e. The maximum atomic E-state index is 12.7. The first-order valence-corrected chi connectivity index (χ1v) is 4.99. The SMILES string of the molecule is COc1ccc2c(c1)OC(C(F)(F)F)C(C#N)=C2. The van der Waals surface area contributed by atoms with Gasteiger partial charge >= 0.3 is 6.18 Å². The molecule has 94 valence electrons. The van der Waals surface area contributed by atoms with Gasteiger partial charge in [0.05, 0.1) is 18.8 Å².